The van der Waals surface area contributed by atoms with Gasteiger partial charge < -0.3 is 4.43 Å². The Balaban J connectivity index is 2.36. The average Bonchev–Trinajstić information content (AvgIpc) is 2.70. The molecule has 0 spiro atoms. The Labute approximate surface area is 66.0 Å². The topological polar surface area (TPSA) is 9.23 Å². The number of hydrogen-bond donors (Lipinski definition) is 0. The fourth-order valence-electron chi connectivity index (χ4n) is 1.07. The first-order valence-electron chi connectivity index (χ1n) is 3.94. The molecule has 1 fully saturated rings. The molecular weight excluding hydrogens is 140 g/mol. The maximum Gasteiger partial charge on any atom is 0.203 e. The summed E-state index contributed by atoms with van der Waals surface area (Å²) in [6.07, 6.45) is 4.14. The average molecular weight is 156 g/mol. The van der Waals surface area contributed by atoms with E-state index in [1.54, 1.807) is 0 Å². The monoisotopic (exact) mass is 156 g/mol. The summed E-state index contributed by atoms with van der Waals surface area (Å²) in [5, 5.41) is 0. The molecule has 0 atom stereocenters. The summed E-state index contributed by atoms with van der Waals surface area (Å²) in [5.74, 6) is 2.16. The van der Waals surface area contributed by atoms with Gasteiger partial charge in [-0.05, 0) is 44.6 Å². The minimum atomic E-state index is 0.834. The van der Waals surface area contributed by atoms with Crippen LogP contribution in [-0.4, -0.2) is 10.5 Å². The molecule has 0 aliphatic heterocycles. The molecule has 0 aromatic rings. The second-order valence-corrected chi connectivity index (χ2v) is 3.60. The van der Waals surface area contributed by atoms with Crippen LogP contribution in [0.5, 0.6) is 0 Å². The van der Waals surface area contributed by atoms with E-state index in [0.717, 1.165) is 16.4 Å². The summed E-state index contributed by atoms with van der Waals surface area (Å²) in [5.41, 5.74) is 1.46. The highest BCUT2D eigenvalue weighted by atomic mass is 28.2. The molecule has 0 N–H and O–H groups in total. The van der Waals surface area contributed by atoms with E-state index < -0.39 is 0 Å². The zero-order valence-corrected chi connectivity index (χ0v) is 9.11. The Hall–Kier alpha value is -0.243. The van der Waals surface area contributed by atoms with E-state index in [1.807, 2.05) is 0 Å². The highest BCUT2D eigenvalue weighted by Crippen LogP contribution is 2.35. The first-order chi connectivity index (χ1) is 4.74. The van der Waals surface area contributed by atoms with Crippen molar-refractivity contribution in [2.75, 3.05) is 0 Å². The number of rotatable bonds is 3. The molecule has 0 heterocycles. The Morgan fingerprint density at radius 2 is 2.10 bits per heavy atom. The summed E-state index contributed by atoms with van der Waals surface area (Å²) in [6, 6.07) is 0. The first-order valence-corrected chi connectivity index (χ1v) is 4.76. The lowest BCUT2D eigenvalue weighted by atomic mass is 10.1. The molecule has 0 aromatic heterocycles. The van der Waals surface area contributed by atoms with Crippen molar-refractivity contribution in [3.05, 3.63) is 11.3 Å². The van der Waals surface area contributed by atoms with Gasteiger partial charge in [0.1, 0.15) is 0 Å². The highest BCUT2D eigenvalue weighted by Gasteiger charge is 2.21. The summed E-state index contributed by atoms with van der Waals surface area (Å²) >= 11 is 0. The summed E-state index contributed by atoms with van der Waals surface area (Å²) in [4.78, 5) is 0. The van der Waals surface area contributed by atoms with Crippen LogP contribution in [0.1, 0.15) is 33.1 Å². The standard InChI is InChI=1S/C8H16OSi/c1-6(7(2)9-10)5-8-3-4-8/h8H,3-5H2,1-2,10H3. The van der Waals surface area contributed by atoms with Gasteiger partial charge >= 0.3 is 0 Å². The van der Waals surface area contributed by atoms with Gasteiger partial charge in [0, 0.05) is 0 Å². The van der Waals surface area contributed by atoms with Gasteiger partial charge in [-0.25, -0.2) is 0 Å². The van der Waals surface area contributed by atoms with Crippen molar-refractivity contribution in [3.8, 4) is 0 Å². The van der Waals surface area contributed by atoms with Crippen LogP contribution in [0.3, 0.4) is 0 Å². The zero-order valence-electron chi connectivity index (χ0n) is 7.11. The normalized spacial score (nSPS) is 20.6. The molecule has 2 heteroatoms. The van der Waals surface area contributed by atoms with Crippen molar-refractivity contribution >= 4 is 10.5 Å². The molecule has 58 valence electrons. The fraction of sp³-hybridized carbons (Fsp3) is 0.750. The first kappa shape index (κ1) is 7.86. The molecule has 1 aliphatic rings. The van der Waals surface area contributed by atoms with Crippen molar-refractivity contribution in [1.82, 2.24) is 0 Å². The molecule has 0 unspecified atom stereocenters. The van der Waals surface area contributed by atoms with Gasteiger partial charge in [0.15, 0.2) is 0 Å². The number of allylic oxidation sites excluding steroid dienone is 2. The van der Waals surface area contributed by atoms with Crippen LogP contribution in [0, 0.1) is 5.92 Å². The maximum absolute atomic E-state index is 5.26. The van der Waals surface area contributed by atoms with Crippen LogP contribution in [-0.2, 0) is 4.43 Å². The van der Waals surface area contributed by atoms with E-state index in [0.29, 0.717) is 0 Å². The van der Waals surface area contributed by atoms with Crippen LogP contribution in [0.2, 0.25) is 0 Å². The predicted octanol–water partition coefficient (Wildman–Crippen LogP) is 1.38. The minimum absolute atomic E-state index is 0.834. The van der Waals surface area contributed by atoms with Gasteiger partial charge in [-0.3, -0.25) is 0 Å². The van der Waals surface area contributed by atoms with Crippen molar-refractivity contribution < 1.29 is 4.43 Å². The van der Waals surface area contributed by atoms with Gasteiger partial charge in [-0.2, -0.15) is 0 Å². The van der Waals surface area contributed by atoms with E-state index in [1.165, 1.54) is 30.6 Å². The van der Waals surface area contributed by atoms with Gasteiger partial charge in [0.2, 0.25) is 10.5 Å². The van der Waals surface area contributed by atoms with Crippen LogP contribution in [0.15, 0.2) is 11.3 Å². The molecule has 0 amide bonds. The van der Waals surface area contributed by atoms with Crippen molar-refractivity contribution in [3.63, 3.8) is 0 Å². The van der Waals surface area contributed by atoms with Gasteiger partial charge in [0.05, 0.1) is 5.76 Å². The minimum Gasteiger partial charge on any atom is -0.556 e. The largest absolute Gasteiger partial charge is 0.556 e. The van der Waals surface area contributed by atoms with Crippen LogP contribution in [0.4, 0.5) is 0 Å². The summed E-state index contributed by atoms with van der Waals surface area (Å²) in [6.45, 7) is 4.26. The third-order valence-corrected chi connectivity index (χ3v) is 2.81. The van der Waals surface area contributed by atoms with E-state index in [2.05, 4.69) is 13.8 Å². The Kier molecular flexibility index (Phi) is 2.54. The van der Waals surface area contributed by atoms with Crippen LogP contribution < -0.4 is 0 Å². The molecule has 1 rings (SSSR count). The smallest absolute Gasteiger partial charge is 0.203 e. The molecule has 0 saturated heterocycles. The van der Waals surface area contributed by atoms with Crippen LogP contribution in [0.25, 0.3) is 0 Å². The lowest BCUT2D eigenvalue weighted by Gasteiger charge is -2.05. The molecular formula is C8H16OSi. The molecule has 1 aliphatic carbocycles. The van der Waals surface area contributed by atoms with E-state index in [4.69, 9.17) is 4.43 Å². The molecule has 1 nitrogen and oxygen atoms in total. The van der Waals surface area contributed by atoms with Gasteiger partial charge in [-0.1, -0.05) is 0 Å². The Morgan fingerprint density at radius 3 is 2.50 bits per heavy atom. The van der Waals surface area contributed by atoms with Gasteiger partial charge in [0.25, 0.3) is 0 Å². The van der Waals surface area contributed by atoms with Crippen molar-refractivity contribution in [2.45, 2.75) is 33.1 Å². The molecule has 0 bridgehead atoms. The Bertz CT molecular complexity index is 147. The molecule has 0 radical (unpaired) electrons. The van der Waals surface area contributed by atoms with E-state index in [-0.39, 0.29) is 0 Å². The fourth-order valence-corrected chi connectivity index (χ4v) is 1.42. The third kappa shape index (κ3) is 2.18. The highest BCUT2D eigenvalue weighted by molar-refractivity contribution is 5.98. The Morgan fingerprint density at radius 1 is 1.50 bits per heavy atom. The lowest BCUT2D eigenvalue weighted by molar-refractivity contribution is 0.459. The van der Waals surface area contributed by atoms with Crippen LogP contribution >= 0.6 is 0 Å². The third-order valence-electron chi connectivity index (χ3n) is 2.20. The van der Waals surface area contributed by atoms with Gasteiger partial charge in [-0.15, -0.1) is 0 Å². The second-order valence-electron chi connectivity index (χ2n) is 3.19. The zero-order chi connectivity index (χ0) is 7.56. The molecule has 10 heavy (non-hydrogen) atoms. The van der Waals surface area contributed by atoms with E-state index >= 15 is 0 Å². The quantitative estimate of drug-likeness (QED) is 0.443. The SMILES string of the molecule is CC(CC1CC1)=C(C)O[SiH3]. The van der Waals surface area contributed by atoms with Crippen molar-refractivity contribution in [1.29, 1.82) is 0 Å². The van der Waals surface area contributed by atoms with E-state index in [9.17, 15) is 0 Å². The molecule has 0 aromatic carbocycles. The number of hydrogen-bond acceptors (Lipinski definition) is 1. The summed E-state index contributed by atoms with van der Waals surface area (Å²) in [7, 11) is 0.834. The molecule has 1 saturated carbocycles. The predicted molar refractivity (Wildman–Crippen MR) is 46.7 cm³/mol. The lowest BCUT2D eigenvalue weighted by Crippen LogP contribution is -1.89. The van der Waals surface area contributed by atoms with Crippen molar-refractivity contribution in [2.24, 2.45) is 5.92 Å². The summed E-state index contributed by atoms with van der Waals surface area (Å²) < 4.78 is 5.26. The maximum atomic E-state index is 5.26. The second kappa shape index (κ2) is 3.24.